The van der Waals surface area contributed by atoms with Gasteiger partial charge < -0.3 is 15.1 Å². The molecule has 0 fully saturated rings. The predicted octanol–water partition coefficient (Wildman–Crippen LogP) is 3.93. The Morgan fingerprint density at radius 3 is 2.21 bits per heavy atom. The molecule has 0 bridgehead atoms. The van der Waals surface area contributed by atoms with Crippen LogP contribution in [0.15, 0.2) is 41.6 Å². The molecule has 1 aromatic carbocycles. The lowest BCUT2D eigenvalue weighted by molar-refractivity contribution is -0.0425. The fourth-order valence-corrected chi connectivity index (χ4v) is 4.43. The van der Waals surface area contributed by atoms with E-state index in [1.165, 1.54) is 6.07 Å². The topological polar surface area (TPSA) is 90.7 Å². The van der Waals surface area contributed by atoms with E-state index in [-0.39, 0.29) is 16.2 Å². The molecule has 0 saturated heterocycles. The molecule has 160 valence electrons. The predicted molar refractivity (Wildman–Crippen MR) is 117 cm³/mol. The molecule has 0 unspecified atom stereocenters. The maximum atomic E-state index is 13.0. The van der Waals surface area contributed by atoms with Crippen LogP contribution in [0.5, 0.6) is 0 Å². The molecule has 2 N–H and O–H groups in total. The Balaban J connectivity index is 2.83. The number of nitrogens with zero attached hydrogens (tertiary/aromatic N) is 2. The van der Waals surface area contributed by atoms with Crippen molar-refractivity contribution in [2.24, 2.45) is 0 Å². The van der Waals surface area contributed by atoms with Crippen LogP contribution in [0.4, 0.5) is 5.69 Å². The summed E-state index contributed by atoms with van der Waals surface area (Å²) in [4.78, 5) is 6.46. The van der Waals surface area contributed by atoms with Gasteiger partial charge in [0.05, 0.1) is 10.6 Å². The van der Waals surface area contributed by atoms with E-state index in [1.54, 1.807) is 31.5 Å². The molecule has 1 aromatic heterocycles. The summed E-state index contributed by atoms with van der Waals surface area (Å²) < 4.78 is 25.9. The summed E-state index contributed by atoms with van der Waals surface area (Å²) in [6.07, 6.45) is 5.48. The highest BCUT2D eigenvalue weighted by atomic mass is 32.2. The second-order valence-electron chi connectivity index (χ2n) is 7.13. The van der Waals surface area contributed by atoms with Gasteiger partial charge in [-0.3, -0.25) is 4.98 Å². The van der Waals surface area contributed by atoms with Crippen LogP contribution < -0.4 is 4.90 Å². The summed E-state index contributed by atoms with van der Waals surface area (Å²) in [6.45, 7) is 7.35. The smallest absolute Gasteiger partial charge is 0.178 e. The number of rotatable bonds is 11. The number of benzene rings is 1. The van der Waals surface area contributed by atoms with E-state index < -0.39 is 16.1 Å². The van der Waals surface area contributed by atoms with E-state index in [0.29, 0.717) is 16.8 Å². The summed E-state index contributed by atoms with van der Waals surface area (Å²) in [5.41, 5.74) is 2.17. The molecule has 6 nitrogen and oxygen atoms in total. The lowest BCUT2D eigenvalue weighted by Gasteiger charge is -2.29. The number of hydrogen-bond donors (Lipinski definition) is 2. The van der Waals surface area contributed by atoms with Crippen molar-refractivity contribution in [2.45, 2.75) is 57.6 Å². The SMILES string of the molecule is CCCCN(CCCC)c1cc(C(O)O)cc(S(=O)(=O)CC)c1-c1cccnc1. The summed E-state index contributed by atoms with van der Waals surface area (Å²) in [5.74, 6) is -0.0748. The maximum Gasteiger partial charge on any atom is 0.178 e. The van der Waals surface area contributed by atoms with Gasteiger partial charge in [-0.05, 0) is 31.0 Å². The molecule has 1 heterocycles. The van der Waals surface area contributed by atoms with Gasteiger partial charge in [-0.25, -0.2) is 8.42 Å². The second kappa shape index (κ2) is 10.7. The number of unbranched alkanes of at least 4 members (excludes halogenated alkanes) is 2. The summed E-state index contributed by atoms with van der Waals surface area (Å²) in [6, 6.07) is 6.70. The van der Waals surface area contributed by atoms with Crippen molar-refractivity contribution in [3.63, 3.8) is 0 Å². The first-order valence-electron chi connectivity index (χ1n) is 10.3. The third-order valence-corrected chi connectivity index (χ3v) is 6.72. The Morgan fingerprint density at radius 2 is 1.72 bits per heavy atom. The normalized spacial score (nSPS) is 11.8. The minimum absolute atomic E-state index is 0.0748. The standard InChI is InChI=1S/C22H32N2O4S/c1-4-7-12-24(13-8-5-2)19-14-18(22(25)26)15-20(29(27,28)6-3)21(19)17-10-9-11-23-16-17/h9-11,14-16,22,25-26H,4-8,12-13H2,1-3H3. The van der Waals surface area contributed by atoms with Crippen molar-refractivity contribution in [1.29, 1.82) is 0 Å². The van der Waals surface area contributed by atoms with Gasteiger partial charge in [0, 0.05) is 47.9 Å². The Kier molecular flexibility index (Phi) is 8.61. The minimum Gasteiger partial charge on any atom is -0.371 e. The molecule has 2 aromatic rings. The van der Waals surface area contributed by atoms with E-state index in [9.17, 15) is 18.6 Å². The number of aromatic nitrogens is 1. The average molecular weight is 421 g/mol. The molecule has 0 amide bonds. The van der Waals surface area contributed by atoms with Gasteiger partial charge in [-0.1, -0.05) is 39.7 Å². The minimum atomic E-state index is -3.61. The fraction of sp³-hybridized carbons (Fsp3) is 0.500. The lowest BCUT2D eigenvalue weighted by atomic mass is 10.0. The zero-order chi connectivity index (χ0) is 21.4. The maximum absolute atomic E-state index is 13.0. The zero-order valence-electron chi connectivity index (χ0n) is 17.5. The summed E-state index contributed by atoms with van der Waals surface area (Å²) in [7, 11) is -3.61. The highest BCUT2D eigenvalue weighted by Gasteiger charge is 2.26. The lowest BCUT2D eigenvalue weighted by Crippen LogP contribution is -2.27. The van der Waals surface area contributed by atoms with Crippen LogP contribution in [0.3, 0.4) is 0 Å². The third kappa shape index (κ3) is 5.78. The first-order valence-corrected chi connectivity index (χ1v) is 11.9. The van der Waals surface area contributed by atoms with Gasteiger partial charge in [0.25, 0.3) is 0 Å². The molecular weight excluding hydrogens is 388 g/mol. The van der Waals surface area contributed by atoms with Gasteiger partial charge in [-0.2, -0.15) is 0 Å². The number of anilines is 1. The molecule has 0 aliphatic carbocycles. The number of aliphatic hydroxyl groups excluding tert-OH is 1. The largest absolute Gasteiger partial charge is 0.371 e. The van der Waals surface area contributed by atoms with E-state index in [4.69, 9.17) is 0 Å². The number of sulfone groups is 1. The van der Waals surface area contributed by atoms with E-state index in [1.807, 2.05) is 6.07 Å². The van der Waals surface area contributed by atoms with Crippen molar-refractivity contribution in [3.05, 3.63) is 42.2 Å². The number of pyridine rings is 1. The Morgan fingerprint density at radius 1 is 1.07 bits per heavy atom. The molecule has 0 saturated carbocycles. The van der Waals surface area contributed by atoms with Gasteiger partial charge >= 0.3 is 0 Å². The molecule has 0 radical (unpaired) electrons. The van der Waals surface area contributed by atoms with E-state index in [0.717, 1.165) is 38.8 Å². The summed E-state index contributed by atoms with van der Waals surface area (Å²) in [5, 5.41) is 19.7. The van der Waals surface area contributed by atoms with Crippen molar-refractivity contribution >= 4 is 15.5 Å². The number of hydrogen-bond acceptors (Lipinski definition) is 6. The molecular formula is C22H32N2O4S. The quantitative estimate of drug-likeness (QED) is 0.535. The van der Waals surface area contributed by atoms with Gasteiger partial charge in [0.15, 0.2) is 16.1 Å². The second-order valence-corrected chi connectivity index (χ2v) is 9.37. The first kappa shape index (κ1) is 23.3. The van der Waals surface area contributed by atoms with Crippen LogP contribution >= 0.6 is 0 Å². The molecule has 0 aliphatic heterocycles. The van der Waals surface area contributed by atoms with Gasteiger partial charge in [0.1, 0.15) is 0 Å². The molecule has 0 atom stereocenters. The monoisotopic (exact) mass is 420 g/mol. The highest BCUT2D eigenvalue weighted by molar-refractivity contribution is 7.91. The highest BCUT2D eigenvalue weighted by Crippen LogP contribution is 2.39. The van der Waals surface area contributed by atoms with Crippen LogP contribution in [0.1, 0.15) is 58.3 Å². The van der Waals surface area contributed by atoms with E-state index in [2.05, 4.69) is 23.7 Å². The van der Waals surface area contributed by atoms with Crippen LogP contribution in [0.25, 0.3) is 11.1 Å². The average Bonchev–Trinajstić information content (AvgIpc) is 2.73. The van der Waals surface area contributed by atoms with Gasteiger partial charge in [0.2, 0.25) is 0 Å². The van der Waals surface area contributed by atoms with Gasteiger partial charge in [-0.15, -0.1) is 0 Å². The van der Waals surface area contributed by atoms with Crippen LogP contribution in [0.2, 0.25) is 0 Å². The molecule has 2 rings (SSSR count). The van der Waals surface area contributed by atoms with Crippen molar-refractivity contribution in [2.75, 3.05) is 23.7 Å². The Bertz CT molecular complexity index is 875. The Hall–Kier alpha value is -1.96. The molecule has 29 heavy (non-hydrogen) atoms. The van der Waals surface area contributed by atoms with E-state index >= 15 is 0 Å². The first-order chi connectivity index (χ1) is 13.9. The van der Waals surface area contributed by atoms with Crippen molar-refractivity contribution < 1.29 is 18.6 Å². The van der Waals surface area contributed by atoms with Crippen LogP contribution in [-0.4, -0.2) is 42.5 Å². The third-order valence-electron chi connectivity index (χ3n) is 4.97. The Labute approximate surface area is 174 Å². The van der Waals surface area contributed by atoms with Crippen molar-refractivity contribution in [3.8, 4) is 11.1 Å². The van der Waals surface area contributed by atoms with Crippen LogP contribution in [-0.2, 0) is 9.84 Å². The van der Waals surface area contributed by atoms with Crippen LogP contribution in [0, 0.1) is 0 Å². The molecule has 0 spiro atoms. The molecule has 0 aliphatic rings. The van der Waals surface area contributed by atoms with Crippen molar-refractivity contribution in [1.82, 2.24) is 4.98 Å². The fourth-order valence-electron chi connectivity index (χ4n) is 3.27. The number of aliphatic hydroxyl groups is 2. The zero-order valence-corrected chi connectivity index (χ0v) is 18.3. The molecule has 7 heteroatoms. The summed E-state index contributed by atoms with van der Waals surface area (Å²) >= 11 is 0.